The van der Waals surface area contributed by atoms with Crippen LogP contribution in [0.2, 0.25) is 5.02 Å². The molecule has 2 nitrogen and oxygen atoms in total. The first kappa shape index (κ1) is 16.3. The lowest BCUT2D eigenvalue weighted by Crippen LogP contribution is -2.13. The van der Waals surface area contributed by atoms with Gasteiger partial charge in [0.05, 0.1) is 17.1 Å². The van der Waals surface area contributed by atoms with Crippen molar-refractivity contribution in [2.45, 2.75) is 19.4 Å². The van der Waals surface area contributed by atoms with Crippen molar-refractivity contribution >= 4 is 27.5 Å². The molecule has 2 aromatic rings. The summed E-state index contributed by atoms with van der Waals surface area (Å²) in [5, 5.41) is 0.462. The second-order valence-electron chi connectivity index (χ2n) is 4.68. The van der Waals surface area contributed by atoms with E-state index in [0.717, 1.165) is 22.2 Å². The highest BCUT2D eigenvalue weighted by molar-refractivity contribution is 9.10. The predicted molar refractivity (Wildman–Crippen MR) is 87.4 cm³/mol. The summed E-state index contributed by atoms with van der Waals surface area (Å²) in [5.41, 5.74) is 7.30. The Morgan fingerprint density at radius 2 is 2.05 bits per heavy atom. The molecule has 0 radical (unpaired) electrons. The van der Waals surface area contributed by atoms with Crippen molar-refractivity contribution in [3.05, 3.63) is 62.8 Å². The maximum Gasteiger partial charge on any atom is 0.133 e. The molecular weight excluding hydrogens is 357 g/mol. The molecule has 0 saturated heterocycles. The Morgan fingerprint density at radius 1 is 1.29 bits per heavy atom. The standard InChI is InChI=1S/C16H16BrClFNO/c1-2-7-21-15-6-3-10(8-13(15)17)16(20)12-9-11(18)4-5-14(12)19/h3-6,8-9,16H,2,7,20H2,1H3. The van der Waals surface area contributed by atoms with Crippen LogP contribution in [0.3, 0.4) is 0 Å². The van der Waals surface area contributed by atoms with Crippen LogP contribution < -0.4 is 10.5 Å². The summed E-state index contributed by atoms with van der Waals surface area (Å²) < 4.78 is 20.3. The average molecular weight is 373 g/mol. The number of ether oxygens (including phenoxy) is 1. The van der Waals surface area contributed by atoms with E-state index in [1.807, 2.05) is 25.1 Å². The van der Waals surface area contributed by atoms with Crippen LogP contribution in [0.25, 0.3) is 0 Å². The van der Waals surface area contributed by atoms with Crippen LogP contribution >= 0.6 is 27.5 Å². The number of nitrogens with two attached hydrogens (primary N) is 1. The molecule has 2 rings (SSSR count). The summed E-state index contributed by atoms with van der Waals surface area (Å²) in [6, 6.07) is 9.31. The molecule has 0 bridgehead atoms. The Kier molecular flexibility index (Phi) is 5.62. The molecule has 1 atom stereocenters. The van der Waals surface area contributed by atoms with Gasteiger partial charge >= 0.3 is 0 Å². The zero-order valence-corrected chi connectivity index (χ0v) is 13.9. The van der Waals surface area contributed by atoms with E-state index in [1.54, 1.807) is 6.07 Å². The minimum Gasteiger partial charge on any atom is -0.492 e. The molecule has 21 heavy (non-hydrogen) atoms. The highest BCUT2D eigenvalue weighted by Crippen LogP contribution is 2.31. The number of halogens is 3. The Labute approximate surface area is 137 Å². The first-order chi connectivity index (χ1) is 10.0. The molecule has 0 aliphatic rings. The second kappa shape index (κ2) is 7.25. The van der Waals surface area contributed by atoms with Crippen molar-refractivity contribution in [3.63, 3.8) is 0 Å². The van der Waals surface area contributed by atoms with Gasteiger partial charge in [-0.15, -0.1) is 0 Å². The van der Waals surface area contributed by atoms with E-state index in [-0.39, 0.29) is 5.82 Å². The van der Waals surface area contributed by atoms with Gasteiger partial charge in [-0.1, -0.05) is 24.6 Å². The van der Waals surface area contributed by atoms with E-state index in [1.165, 1.54) is 12.1 Å². The summed E-state index contributed by atoms with van der Waals surface area (Å²) in [6.45, 7) is 2.69. The minimum absolute atomic E-state index is 0.366. The fourth-order valence-corrected chi connectivity index (χ4v) is 2.66. The van der Waals surface area contributed by atoms with Gasteiger partial charge in [0.1, 0.15) is 11.6 Å². The van der Waals surface area contributed by atoms with Crippen LogP contribution in [0.1, 0.15) is 30.5 Å². The van der Waals surface area contributed by atoms with Crippen molar-refractivity contribution in [1.82, 2.24) is 0 Å². The Morgan fingerprint density at radius 3 is 2.71 bits per heavy atom. The lowest BCUT2D eigenvalue weighted by molar-refractivity contribution is 0.315. The van der Waals surface area contributed by atoms with Crippen LogP contribution in [0.4, 0.5) is 4.39 Å². The summed E-state index contributed by atoms with van der Waals surface area (Å²) >= 11 is 9.36. The third-order valence-corrected chi connectivity index (χ3v) is 3.92. The average Bonchev–Trinajstić information content (AvgIpc) is 2.47. The van der Waals surface area contributed by atoms with Crippen molar-refractivity contribution in [2.75, 3.05) is 6.61 Å². The maximum absolute atomic E-state index is 13.9. The Balaban J connectivity index is 2.29. The lowest BCUT2D eigenvalue weighted by Gasteiger charge is -2.16. The van der Waals surface area contributed by atoms with E-state index in [2.05, 4.69) is 15.9 Å². The molecule has 2 aromatic carbocycles. The number of rotatable bonds is 5. The fraction of sp³-hybridized carbons (Fsp3) is 0.250. The molecule has 0 fully saturated rings. The molecule has 0 aliphatic carbocycles. The first-order valence-electron chi connectivity index (χ1n) is 6.65. The Bertz CT molecular complexity index is 636. The SMILES string of the molecule is CCCOc1ccc(C(N)c2cc(Cl)ccc2F)cc1Br. The van der Waals surface area contributed by atoms with E-state index in [0.29, 0.717) is 17.2 Å². The summed E-state index contributed by atoms with van der Waals surface area (Å²) in [5.74, 6) is 0.383. The molecule has 0 aliphatic heterocycles. The zero-order chi connectivity index (χ0) is 15.4. The monoisotopic (exact) mass is 371 g/mol. The van der Waals surface area contributed by atoms with E-state index >= 15 is 0 Å². The van der Waals surface area contributed by atoms with Crippen LogP contribution in [-0.4, -0.2) is 6.61 Å². The summed E-state index contributed by atoms with van der Waals surface area (Å²) in [6.07, 6.45) is 0.932. The number of benzene rings is 2. The first-order valence-corrected chi connectivity index (χ1v) is 7.82. The largest absolute Gasteiger partial charge is 0.492 e. The van der Waals surface area contributed by atoms with Gasteiger partial charge in [0.15, 0.2) is 0 Å². The molecule has 2 N–H and O–H groups in total. The number of hydrogen-bond acceptors (Lipinski definition) is 2. The molecular formula is C16H16BrClFNO. The molecule has 0 amide bonds. The smallest absolute Gasteiger partial charge is 0.133 e. The zero-order valence-electron chi connectivity index (χ0n) is 11.6. The second-order valence-corrected chi connectivity index (χ2v) is 5.97. The van der Waals surface area contributed by atoms with Gasteiger partial charge in [-0.05, 0) is 58.2 Å². The van der Waals surface area contributed by atoms with Crippen LogP contribution in [0, 0.1) is 5.82 Å². The third kappa shape index (κ3) is 3.96. The van der Waals surface area contributed by atoms with Crippen LogP contribution in [0.15, 0.2) is 40.9 Å². The fourth-order valence-electron chi connectivity index (χ4n) is 1.97. The van der Waals surface area contributed by atoms with Gasteiger partial charge in [0, 0.05) is 10.6 Å². The topological polar surface area (TPSA) is 35.2 Å². The predicted octanol–water partition coefficient (Wildman–Crippen LogP) is 5.08. The van der Waals surface area contributed by atoms with Gasteiger partial charge in [0.2, 0.25) is 0 Å². The highest BCUT2D eigenvalue weighted by Gasteiger charge is 2.15. The highest BCUT2D eigenvalue weighted by atomic mass is 79.9. The van der Waals surface area contributed by atoms with Gasteiger partial charge < -0.3 is 10.5 Å². The number of hydrogen-bond donors (Lipinski definition) is 1. The third-order valence-electron chi connectivity index (χ3n) is 3.07. The van der Waals surface area contributed by atoms with Crippen molar-refractivity contribution < 1.29 is 9.13 Å². The Hall–Kier alpha value is -1.10. The molecule has 0 saturated carbocycles. The molecule has 1 unspecified atom stereocenters. The summed E-state index contributed by atoms with van der Waals surface area (Å²) in [7, 11) is 0. The van der Waals surface area contributed by atoms with E-state index < -0.39 is 6.04 Å². The molecule has 112 valence electrons. The molecule has 5 heteroatoms. The summed E-state index contributed by atoms with van der Waals surface area (Å²) in [4.78, 5) is 0. The van der Waals surface area contributed by atoms with Gasteiger partial charge in [-0.3, -0.25) is 0 Å². The van der Waals surface area contributed by atoms with Crippen molar-refractivity contribution in [1.29, 1.82) is 0 Å². The van der Waals surface area contributed by atoms with Gasteiger partial charge in [-0.2, -0.15) is 0 Å². The van der Waals surface area contributed by atoms with Crippen molar-refractivity contribution in [3.8, 4) is 5.75 Å². The quantitative estimate of drug-likeness (QED) is 0.794. The van der Waals surface area contributed by atoms with E-state index in [4.69, 9.17) is 22.1 Å². The normalized spacial score (nSPS) is 12.2. The maximum atomic E-state index is 13.9. The van der Waals surface area contributed by atoms with Crippen molar-refractivity contribution in [2.24, 2.45) is 5.73 Å². The minimum atomic E-state index is -0.583. The van der Waals surface area contributed by atoms with Crippen LogP contribution in [0.5, 0.6) is 5.75 Å². The van der Waals surface area contributed by atoms with Gasteiger partial charge in [-0.25, -0.2) is 4.39 Å². The van der Waals surface area contributed by atoms with Gasteiger partial charge in [0.25, 0.3) is 0 Å². The lowest BCUT2D eigenvalue weighted by atomic mass is 9.99. The molecule has 0 aromatic heterocycles. The molecule has 0 heterocycles. The van der Waals surface area contributed by atoms with E-state index in [9.17, 15) is 4.39 Å². The molecule has 0 spiro atoms. The van der Waals surface area contributed by atoms with Crippen LogP contribution in [-0.2, 0) is 0 Å².